The lowest BCUT2D eigenvalue weighted by molar-refractivity contribution is 0.0196. The number of nitrogens with zero attached hydrogens (tertiary/aromatic N) is 6. The number of piperidine rings is 1. The molecule has 1 aromatic carbocycles. The van der Waals surface area contributed by atoms with Gasteiger partial charge < -0.3 is 9.64 Å². The number of benzene rings is 1. The lowest BCUT2D eigenvalue weighted by Crippen LogP contribution is -2.53. The van der Waals surface area contributed by atoms with Gasteiger partial charge in [0.15, 0.2) is 0 Å². The van der Waals surface area contributed by atoms with Crippen LogP contribution in [0.15, 0.2) is 48.6 Å². The van der Waals surface area contributed by atoms with E-state index in [-0.39, 0.29) is 12.1 Å². The number of carbonyl (C=O) groups excluding carboxylic acids is 2. The van der Waals surface area contributed by atoms with Gasteiger partial charge in [0.25, 0.3) is 5.91 Å². The fourth-order valence-corrected chi connectivity index (χ4v) is 6.04. The van der Waals surface area contributed by atoms with Crippen LogP contribution in [0.25, 0.3) is 26.9 Å². The van der Waals surface area contributed by atoms with Gasteiger partial charge in [-0.15, -0.1) is 16.4 Å². The van der Waals surface area contributed by atoms with Crippen LogP contribution in [-0.4, -0.2) is 61.6 Å². The highest BCUT2D eigenvalue weighted by molar-refractivity contribution is 7.17. The van der Waals surface area contributed by atoms with Crippen LogP contribution in [0.3, 0.4) is 0 Å². The zero-order valence-corrected chi connectivity index (χ0v) is 24.7. The molecule has 214 valence electrons. The van der Waals surface area contributed by atoms with E-state index >= 15 is 4.39 Å². The van der Waals surface area contributed by atoms with Gasteiger partial charge in [-0.2, -0.15) is 0 Å². The van der Waals surface area contributed by atoms with Crippen molar-refractivity contribution in [1.29, 1.82) is 0 Å². The van der Waals surface area contributed by atoms with Crippen molar-refractivity contribution >= 4 is 44.8 Å². The molecule has 0 spiro atoms. The lowest BCUT2D eigenvalue weighted by Gasteiger charge is -2.39. The van der Waals surface area contributed by atoms with Crippen molar-refractivity contribution in [3.63, 3.8) is 0 Å². The molecule has 5 rings (SSSR count). The highest BCUT2D eigenvalue weighted by Gasteiger charge is 2.36. The average molecular weight is 577 g/mol. The summed E-state index contributed by atoms with van der Waals surface area (Å²) in [5.41, 5.74) is 1.96. The summed E-state index contributed by atoms with van der Waals surface area (Å²) in [5.74, 6) is -0.802. The highest BCUT2D eigenvalue weighted by atomic mass is 32.1. The fraction of sp³-hybridized carbons (Fsp3) is 0.367. The standard InChI is InChI=1S/C30H33FN6O3S/c1-18(2)22-17-41-25-11-12-32-27(26(22)25)37(20-8-7-13-36(15-20)29(39)40-30(3,4)5)28(38)21-10-9-19(14-23(21)31)24-16-35(6)34-33-24/h9-12,14,16-17,20H,1,7-8,13,15H2,2-6H3/t20-/m1/s1. The van der Waals surface area contributed by atoms with E-state index in [4.69, 9.17) is 4.74 Å². The van der Waals surface area contributed by atoms with Gasteiger partial charge in [0.05, 0.1) is 17.8 Å². The van der Waals surface area contributed by atoms with Gasteiger partial charge in [-0.1, -0.05) is 17.9 Å². The van der Waals surface area contributed by atoms with Gasteiger partial charge in [-0.3, -0.25) is 14.4 Å². The summed E-state index contributed by atoms with van der Waals surface area (Å²) in [6.07, 6.45) is 4.14. The van der Waals surface area contributed by atoms with E-state index in [1.165, 1.54) is 28.2 Å². The molecule has 3 aromatic heterocycles. The van der Waals surface area contributed by atoms with Crippen LogP contribution < -0.4 is 4.90 Å². The number of thiophene rings is 1. The Morgan fingerprint density at radius 3 is 2.66 bits per heavy atom. The van der Waals surface area contributed by atoms with Crippen molar-refractivity contribution in [2.45, 2.75) is 52.2 Å². The Morgan fingerprint density at radius 1 is 1.22 bits per heavy atom. The number of carbonyl (C=O) groups is 2. The van der Waals surface area contributed by atoms with E-state index in [0.29, 0.717) is 36.5 Å². The number of rotatable bonds is 5. The number of allylic oxidation sites excluding steroid dienone is 1. The van der Waals surface area contributed by atoms with Crippen molar-refractivity contribution in [3.05, 3.63) is 65.6 Å². The summed E-state index contributed by atoms with van der Waals surface area (Å²) < 4.78 is 23.8. The fourth-order valence-electron chi connectivity index (χ4n) is 5.01. The van der Waals surface area contributed by atoms with Crippen molar-refractivity contribution in [2.75, 3.05) is 18.0 Å². The normalized spacial score (nSPS) is 15.7. The Kier molecular flexibility index (Phi) is 7.65. The number of halogens is 1. The molecule has 0 saturated carbocycles. The van der Waals surface area contributed by atoms with Gasteiger partial charge in [-0.25, -0.2) is 14.2 Å². The summed E-state index contributed by atoms with van der Waals surface area (Å²) >= 11 is 1.53. The molecule has 0 N–H and O–H groups in total. The monoisotopic (exact) mass is 576 g/mol. The molecule has 1 aliphatic rings. The first-order valence-electron chi connectivity index (χ1n) is 13.4. The van der Waals surface area contributed by atoms with Gasteiger partial charge in [0.2, 0.25) is 0 Å². The summed E-state index contributed by atoms with van der Waals surface area (Å²) in [6.45, 7) is 12.2. The smallest absolute Gasteiger partial charge is 0.410 e. The number of pyridine rings is 1. The predicted molar refractivity (Wildman–Crippen MR) is 158 cm³/mol. The van der Waals surface area contributed by atoms with Crippen LogP contribution in [-0.2, 0) is 11.8 Å². The number of hydrogen-bond donors (Lipinski definition) is 0. The minimum atomic E-state index is -0.680. The molecule has 41 heavy (non-hydrogen) atoms. The van der Waals surface area contributed by atoms with Crippen molar-refractivity contribution in [2.24, 2.45) is 7.05 Å². The van der Waals surface area contributed by atoms with Gasteiger partial charge in [-0.05, 0) is 75.3 Å². The number of fused-ring (bicyclic) bond motifs is 1. The highest BCUT2D eigenvalue weighted by Crippen LogP contribution is 2.38. The maximum atomic E-state index is 15.7. The molecule has 1 saturated heterocycles. The first kappa shape index (κ1) is 28.4. The molecule has 4 heterocycles. The topological polar surface area (TPSA) is 93.5 Å². The average Bonchev–Trinajstić information content (AvgIpc) is 3.55. The third-order valence-electron chi connectivity index (χ3n) is 6.88. The van der Waals surface area contributed by atoms with Crippen LogP contribution >= 0.6 is 11.3 Å². The van der Waals surface area contributed by atoms with Crippen molar-refractivity contribution in [1.82, 2.24) is 24.9 Å². The summed E-state index contributed by atoms with van der Waals surface area (Å²) in [4.78, 5) is 35.2. The molecule has 1 atom stereocenters. The second-order valence-corrected chi connectivity index (χ2v) is 12.2. The number of hydrogen-bond acceptors (Lipinski definition) is 7. The molecule has 11 heteroatoms. The third kappa shape index (κ3) is 5.85. The van der Waals surface area contributed by atoms with Crippen LogP contribution in [0.5, 0.6) is 0 Å². The Bertz CT molecular complexity index is 1640. The Morgan fingerprint density at radius 2 is 2.00 bits per heavy atom. The molecular formula is C30H33FN6O3S. The van der Waals surface area contributed by atoms with Crippen LogP contribution in [0.4, 0.5) is 15.0 Å². The van der Waals surface area contributed by atoms with E-state index in [1.54, 1.807) is 35.3 Å². The van der Waals surface area contributed by atoms with E-state index in [1.807, 2.05) is 39.1 Å². The molecule has 0 unspecified atom stereocenters. The minimum Gasteiger partial charge on any atom is -0.444 e. The number of aryl methyl sites for hydroxylation is 1. The lowest BCUT2D eigenvalue weighted by atomic mass is 10.0. The molecule has 0 bridgehead atoms. The van der Waals surface area contributed by atoms with Gasteiger partial charge in [0, 0.05) is 42.0 Å². The van der Waals surface area contributed by atoms with Crippen LogP contribution in [0, 0.1) is 5.82 Å². The molecule has 1 aliphatic heterocycles. The van der Waals surface area contributed by atoms with E-state index in [9.17, 15) is 9.59 Å². The molecule has 1 fully saturated rings. The van der Waals surface area contributed by atoms with E-state index < -0.39 is 29.5 Å². The third-order valence-corrected chi connectivity index (χ3v) is 7.83. The van der Waals surface area contributed by atoms with Crippen molar-refractivity contribution in [3.8, 4) is 11.3 Å². The van der Waals surface area contributed by atoms with E-state index in [2.05, 4.69) is 21.9 Å². The molecule has 9 nitrogen and oxygen atoms in total. The number of amides is 2. The second-order valence-electron chi connectivity index (χ2n) is 11.3. The number of aromatic nitrogens is 4. The second kappa shape index (κ2) is 11.0. The Labute approximate surface area is 242 Å². The molecule has 0 aliphatic carbocycles. The first-order valence-corrected chi connectivity index (χ1v) is 14.3. The number of likely N-dealkylation sites (tertiary alicyclic amines) is 1. The van der Waals surface area contributed by atoms with Crippen LogP contribution in [0.2, 0.25) is 0 Å². The maximum Gasteiger partial charge on any atom is 0.410 e. The molecule has 2 amide bonds. The minimum absolute atomic E-state index is 0.0991. The Hall–Kier alpha value is -4.12. The zero-order valence-electron chi connectivity index (χ0n) is 23.8. The zero-order chi connectivity index (χ0) is 29.5. The predicted octanol–water partition coefficient (Wildman–Crippen LogP) is 6.31. The Balaban J connectivity index is 1.59. The number of anilines is 1. The molecule has 0 radical (unpaired) electrons. The SMILES string of the molecule is C=C(C)c1csc2ccnc(N(C(=O)c3ccc(-c4cn(C)nn4)cc3F)[C@@H]3CCCN(C(=O)OC(C)(C)C)C3)c12. The molecular weight excluding hydrogens is 543 g/mol. The first-order chi connectivity index (χ1) is 19.4. The van der Waals surface area contributed by atoms with E-state index in [0.717, 1.165) is 21.2 Å². The maximum absolute atomic E-state index is 15.7. The van der Waals surface area contributed by atoms with Gasteiger partial charge >= 0.3 is 6.09 Å². The van der Waals surface area contributed by atoms with Gasteiger partial charge in [0.1, 0.15) is 22.9 Å². The van der Waals surface area contributed by atoms with Crippen molar-refractivity contribution < 1.29 is 18.7 Å². The molecule has 4 aromatic rings. The number of ether oxygens (including phenoxy) is 1. The summed E-state index contributed by atoms with van der Waals surface area (Å²) in [5, 5.41) is 10.7. The summed E-state index contributed by atoms with van der Waals surface area (Å²) in [6, 6.07) is 5.85. The largest absolute Gasteiger partial charge is 0.444 e. The quantitative estimate of drug-likeness (QED) is 0.276. The van der Waals surface area contributed by atoms with Crippen LogP contribution in [0.1, 0.15) is 56.5 Å². The summed E-state index contributed by atoms with van der Waals surface area (Å²) in [7, 11) is 1.73.